The molecule has 0 aromatic heterocycles. The lowest BCUT2D eigenvalue weighted by atomic mass is 10.3. The lowest BCUT2D eigenvalue weighted by molar-refractivity contribution is -0.114. The van der Waals surface area contributed by atoms with Crippen molar-refractivity contribution < 1.29 is 9.53 Å². The van der Waals surface area contributed by atoms with Gasteiger partial charge in [0.2, 0.25) is 5.91 Å². The van der Waals surface area contributed by atoms with Crippen molar-refractivity contribution in [2.45, 2.75) is 23.6 Å². The number of carbonyl (C=O) groups excluding carboxylic acids is 1. The van der Waals surface area contributed by atoms with Gasteiger partial charge in [0.25, 0.3) is 0 Å². The average molecular weight is 302 g/mol. The number of nitrogens with two attached hydrogens (primary N) is 1. The second-order valence-electron chi connectivity index (χ2n) is 4.48. The first-order valence-electron chi connectivity index (χ1n) is 6.65. The highest BCUT2D eigenvalue weighted by molar-refractivity contribution is 7.99. The van der Waals surface area contributed by atoms with Crippen molar-refractivity contribution in [1.29, 1.82) is 0 Å². The summed E-state index contributed by atoms with van der Waals surface area (Å²) in [7, 11) is 0. The summed E-state index contributed by atoms with van der Waals surface area (Å²) in [4.78, 5) is 13.1. The van der Waals surface area contributed by atoms with Crippen molar-refractivity contribution in [1.82, 2.24) is 0 Å². The summed E-state index contributed by atoms with van der Waals surface area (Å²) in [5.41, 5.74) is 7.35. The quantitative estimate of drug-likeness (QED) is 0.825. The predicted octanol–water partition coefficient (Wildman–Crippen LogP) is 3.78. The van der Waals surface area contributed by atoms with E-state index in [4.69, 9.17) is 10.5 Å². The van der Waals surface area contributed by atoms with Crippen LogP contribution in [-0.4, -0.2) is 12.5 Å². The normalized spacial score (nSPS) is 10.2. The van der Waals surface area contributed by atoms with Crippen LogP contribution in [0.3, 0.4) is 0 Å². The molecule has 2 rings (SSSR count). The monoisotopic (exact) mass is 302 g/mol. The number of ether oxygens (including phenoxy) is 1. The van der Waals surface area contributed by atoms with Crippen molar-refractivity contribution in [2.75, 3.05) is 17.7 Å². The Bertz CT molecular complexity index is 627. The molecule has 21 heavy (non-hydrogen) atoms. The highest BCUT2D eigenvalue weighted by atomic mass is 32.2. The zero-order valence-corrected chi connectivity index (χ0v) is 12.9. The molecule has 2 aromatic rings. The third-order valence-corrected chi connectivity index (χ3v) is 3.60. The number of benzene rings is 2. The Morgan fingerprint density at radius 1 is 1.19 bits per heavy atom. The van der Waals surface area contributed by atoms with E-state index in [9.17, 15) is 4.79 Å². The summed E-state index contributed by atoms with van der Waals surface area (Å²) < 4.78 is 5.49. The topological polar surface area (TPSA) is 64.3 Å². The maximum absolute atomic E-state index is 11.0. The van der Waals surface area contributed by atoms with Gasteiger partial charge in [-0.2, -0.15) is 0 Å². The Labute approximate surface area is 128 Å². The fourth-order valence-electron chi connectivity index (χ4n) is 1.85. The van der Waals surface area contributed by atoms with E-state index < -0.39 is 0 Å². The summed E-state index contributed by atoms with van der Waals surface area (Å²) in [6.45, 7) is 4.04. The number of hydrogen-bond donors (Lipinski definition) is 2. The van der Waals surface area contributed by atoms with Crippen LogP contribution in [0.15, 0.2) is 52.3 Å². The highest BCUT2D eigenvalue weighted by Crippen LogP contribution is 2.32. The van der Waals surface area contributed by atoms with Crippen molar-refractivity contribution in [3.05, 3.63) is 42.5 Å². The molecule has 0 atom stereocenters. The molecule has 0 aliphatic carbocycles. The summed E-state index contributed by atoms with van der Waals surface area (Å²) in [5.74, 6) is 0.697. The molecule has 5 heteroatoms. The van der Waals surface area contributed by atoms with Crippen LogP contribution in [0.1, 0.15) is 13.8 Å². The van der Waals surface area contributed by atoms with Crippen LogP contribution in [0.2, 0.25) is 0 Å². The summed E-state index contributed by atoms with van der Waals surface area (Å²) in [6.07, 6.45) is 0. The van der Waals surface area contributed by atoms with Gasteiger partial charge >= 0.3 is 0 Å². The van der Waals surface area contributed by atoms with Gasteiger partial charge in [-0.1, -0.05) is 11.8 Å². The Balaban J connectivity index is 2.12. The van der Waals surface area contributed by atoms with E-state index >= 15 is 0 Å². The standard InChI is InChI=1S/C16H18N2O2S/c1-3-20-14-8-12(17)9-16(10-14)21-15-6-4-13(5-7-15)18-11(2)19/h4-10H,3,17H2,1-2H3,(H,18,19). The van der Waals surface area contributed by atoms with Crippen LogP contribution in [0.5, 0.6) is 5.75 Å². The van der Waals surface area contributed by atoms with Gasteiger partial charge in [0, 0.05) is 34.2 Å². The Hall–Kier alpha value is -2.14. The summed E-state index contributed by atoms with van der Waals surface area (Å²) in [5, 5.41) is 2.74. The van der Waals surface area contributed by atoms with Crippen LogP contribution < -0.4 is 15.8 Å². The molecule has 110 valence electrons. The molecule has 4 nitrogen and oxygen atoms in total. The fraction of sp³-hybridized carbons (Fsp3) is 0.188. The summed E-state index contributed by atoms with van der Waals surface area (Å²) in [6, 6.07) is 13.4. The molecule has 0 aliphatic rings. The first-order valence-corrected chi connectivity index (χ1v) is 7.47. The second-order valence-corrected chi connectivity index (χ2v) is 5.63. The third kappa shape index (κ3) is 4.72. The minimum absolute atomic E-state index is 0.0763. The maximum atomic E-state index is 11.0. The van der Waals surface area contributed by atoms with Gasteiger partial charge in [0.1, 0.15) is 5.75 Å². The molecule has 0 radical (unpaired) electrons. The van der Waals surface area contributed by atoms with Gasteiger partial charge in [0.15, 0.2) is 0 Å². The zero-order valence-electron chi connectivity index (χ0n) is 12.1. The molecule has 0 aliphatic heterocycles. The van der Waals surface area contributed by atoms with Gasteiger partial charge in [-0.3, -0.25) is 4.79 Å². The second kappa shape index (κ2) is 7.04. The Morgan fingerprint density at radius 3 is 2.52 bits per heavy atom. The first-order chi connectivity index (χ1) is 10.1. The van der Waals surface area contributed by atoms with E-state index in [-0.39, 0.29) is 5.91 Å². The SMILES string of the molecule is CCOc1cc(N)cc(Sc2ccc(NC(C)=O)cc2)c1. The summed E-state index contributed by atoms with van der Waals surface area (Å²) >= 11 is 1.60. The van der Waals surface area contributed by atoms with Crippen LogP contribution >= 0.6 is 11.8 Å². The molecule has 3 N–H and O–H groups in total. The third-order valence-electron chi connectivity index (χ3n) is 2.62. The molecule has 0 saturated carbocycles. The maximum Gasteiger partial charge on any atom is 0.221 e. The molecule has 1 amide bonds. The van der Waals surface area contributed by atoms with Crippen LogP contribution in [0.25, 0.3) is 0 Å². The lowest BCUT2D eigenvalue weighted by Crippen LogP contribution is -2.05. The molecule has 2 aromatic carbocycles. The van der Waals surface area contributed by atoms with Crippen molar-refractivity contribution in [3.63, 3.8) is 0 Å². The number of nitrogens with one attached hydrogen (secondary N) is 1. The molecule has 0 saturated heterocycles. The van der Waals surface area contributed by atoms with Gasteiger partial charge in [-0.25, -0.2) is 0 Å². The number of amides is 1. The zero-order chi connectivity index (χ0) is 15.2. The largest absolute Gasteiger partial charge is 0.494 e. The van der Waals surface area contributed by atoms with Crippen LogP contribution in [0.4, 0.5) is 11.4 Å². The smallest absolute Gasteiger partial charge is 0.221 e. The molecule has 0 bridgehead atoms. The van der Waals surface area contributed by atoms with Crippen LogP contribution in [-0.2, 0) is 4.79 Å². The molecule has 0 heterocycles. The van der Waals surface area contributed by atoms with E-state index in [0.29, 0.717) is 12.3 Å². The number of carbonyl (C=O) groups is 1. The number of anilines is 2. The predicted molar refractivity (Wildman–Crippen MR) is 86.9 cm³/mol. The van der Waals surface area contributed by atoms with Crippen molar-refractivity contribution in [2.24, 2.45) is 0 Å². The van der Waals surface area contributed by atoms with Crippen LogP contribution in [0, 0.1) is 0 Å². The molecular weight excluding hydrogens is 284 g/mol. The van der Waals surface area contributed by atoms with Crippen molar-refractivity contribution >= 4 is 29.0 Å². The minimum atomic E-state index is -0.0763. The Morgan fingerprint density at radius 2 is 1.90 bits per heavy atom. The fourth-order valence-corrected chi connectivity index (χ4v) is 2.76. The minimum Gasteiger partial charge on any atom is -0.494 e. The first kappa shape index (κ1) is 15.3. The van der Waals surface area contributed by atoms with E-state index in [1.807, 2.05) is 49.4 Å². The average Bonchev–Trinajstić information content (AvgIpc) is 2.40. The van der Waals surface area contributed by atoms with E-state index in [0.717, 1.165) is 21.2 Å². The molecule has 0 unspecified atom stereocenters. The van der Waals surface area contributed by atoms with Gasteiger partial charge in [0.05, 0.1) is 6.61 Å². The number of nitrogen functional groups attached to an aromatic ring is 1. The highest BCUT2D eigenvalue weighted by Gasteiger charge is 2.03. The van der Waals surface area contributed by atoms with Gasteiger partial charge in [-0.05, 0) is 43.3 Å². The molecular formula is C16H18N2O2S. The van der Waals surface area contributed by atoms with Gasteiger partial charge < -0.3 is 15.8 Å². The Kier molecular flexibility index (Phi) is 5.11. The van der Waals surface area contributed by atoms with Crippen molar-refractivity contribution in [3.8, 4) is 5.75 Å². The van der Waals surface area contributed by atoms with E-state index in [2.05, 4.69) is 5.32 Å². The van der Waals surface area contributed by atoms with E-state index in [1.165, 1.54) is 6.92 Å². The number of hydrogen-bond acceptors (Lipinski definition) is 4. The van der Waals surface area contributed by atoms with E-state index in [1.54, 1.807) is 11.8 Å². The van der Waals surface area contributed by atoms with Gasteiger partial charge in [-0.15, -0.1) is 0 Å². The molecule has 0 spiro atoms. The lowest BCUT2D eigenvalue weighted by Gasteiger charge is -2.08. The number of rotatable bonds is 5. The molecule has 0 fully saturated rings.